The molecule has 3 heterocycles. The van der Waals surface area contributed by atoms with Gasteiger partial charge in [0, 0.05) is 22.4 Å². The molecule has 4 nitrogen and oxygen atoms in total. The molecule has 0 N–H and O–H groups in total. The maximum absolute atomic E-state index is 13.5. The van der Waals surface area contributed by atoms with E-state index in [2.05, 4.69) is 4.98 Å². The van der Waals surface area contributed by atoms with Crippen molar-refractivity contribution in [1.29, 1.82) is 0 Å². The van der Waals surface area contributed by atoms with E-state index in [9.17, 15) is 9.18 Å². The van der Waals surface area contributed by atoms with Gasteiger partial charge >= 0.3 is 0 Å². The molecule has 0 atom stereocenters. The molecule has 0 aliphatic rings. The van der Waals surface area contributed by atoms with Crippen LogP contribution < -0.4 is 5.56 Å². The Morgan fingerprint density at radius 2 is 1.87 bits per heavy atom. The molecule has 5 rings (SSSR count). The number of halogens is 2. The van der Waals surface area contributed by atoms with E-state index < -0.39 is 0 Å². The molecule has 0 spiro atoms. The zero-order valence-corrected chi connectivity index (χ0v) is 18.5. The number of benzene rings is 2. The van der Waals surface area contributed by atoms with Crippen molar-refractivity contribution >= 4 is 55.1 Å². The molecule has 0 fully saturated rings. The van der Waals surface area contributed by atoms with Crippen LogP contribution in [0.25, 0.3) is 20.4 Å². The lowest BCUT2D eigenvalue weighted by Gasteiger charge is -2.13. The van der Waals surface area contributed by atoms with Gasteiger partial charge in [-0.25, -0.2) is 14.4 Å². The first kappa shape index (κ1) is 20.2. The molecule has 0 amide bonds. The molecule has 31 heavy (non-hydrogen) atoms. The summed E-state index contributed by atoms with van der Waals surface area (Å²) in [5.41, 5.74) is 2.34. The van der Waals surface area contributed by atoms with Crippen molar-refractivity contribution in [3.63, 3.8) is 0 Å². The van der Waals surface area contributed by atoms with E-state index in [-0.39, 0.29) is 11.4 Å². The smallest absolute Gasteiger partial charge is 0.272 e. The lowest BCUT2D eigenvalue weighted by molar-refractivity contribution is 0.627. The fraction of sp³-hybridized carbons (Fsp3) is 0.0870. The predicted octanol–water partition coefficient (Wildman–Crippen LogP) is 6.14. The molecule has 8 heteroatoms. The highest BCUT2D eigenvalue weighted by Crippen LogP contribution is 2.31. The molecule has 0 aliphatic heterocycles. The van der Waals surface area contributed by atoms with Crippen LogP contribution in [-0.2, 0) is 12.3 Å². The highest BCUT2D eigenvalue weighted by Gasteiger charge is 2.18. The Morgan fingerprint density at radius 1 is 1.06 bits per heavy atom. The van der Waals surface area contributed by atoms with Crippen LogP contribution in [0, 0.1) is 5.82 Å². The Hall–Kier alpha value is -2.74. The fourth-order valence-corrected chi connectivity index (χ4v) is 5.49. The van der Waals surface area contributed by atoms with Gasteiger partial charge in [-0.2, -0.15) is 0 Å². The van der Waals surface area contributed by atoms with Gasteiger partial charge in [0.25, 0.3) is 5.56 Å². The molecule has 3 aromatic heterocycles. The zero-order chi connectivity index (χ0) is 21.4. The minimum atomic E-state index is -0.277. The maximum atomic E-state index is 13.5. The number of hydrogen-bond donors (Lipinski definition) is 0. The largest absolute Gasteiger partial charge is 0.282 e. The average molecular weight is 468 g/mol. The van der Waals surface area contributed by atoms with Gasteiger partial charge in [-0.3, -0.25) is 9.36 Å². The van der Waals surface area contributed by atoms with Crippen molar-refractivity contribution in [2.24, 2.45) is 0 Å². The SMILES string of the molecule is O=c1c2sc3ncccc3c2nc(SCc2ccc(F)cc2)n1Cc1ccccc1Cl. The van der Waals surface area contributed by atoms with Crippen molar-refractivity contribution in [1.82, 2.24) is 14.5 Å². The van der Waals surface area contributed by atoms with Gasteiger partial charge in [0.1, 0.15) is 15.3 Å². The summed E-state index contributed by atoms with van der Waals surface area (Å²) < 4.78 is 15.5. The Morgan fingerprint density at radius 3 is 2.68 bits per heavy atom. The van der Waals surface area contributed by atoms with E-state index in [1.165, 1.54) is 35.2 Å². The summed E-state index contributed by atoms with van der Waals surface area (Å²) in [5.74, 6) is 0.280. The van der Waals surface area contributed by atoms with Gasteiger partial charge in [0.2, 0.25) is 0 Å². The molecule has 0 radical (unpaired) electrons. The van der Waals surface area contributed by atoms with E-state index in [0.29, 0.717) is 32.7 Å². The van der Waals surface area contributed by atoms with Crippen molar-refractivity contribution < 1.29 is 4.39 Å². The summed E-state index contributed by atoms with van der Waals surface area (Å²) >= 11 is 9.16. The summed E-state index contributed by atoms with van der Waals surface area (Å²) in [5, 5.41) is 2.06. The van der Waals surface area contributed by atoms with E-state index in [1.54, 1.807) is 22.9 Å². The van der Waals surface area contributed by atoms with Crippen LogP contribution in [0.3, 0.4) is 0 Å². The summed E-state index contributed by atoms with van der Waals surface area (Å²) in [6.07, 6.45) is 1.71. The normalized spacial score (nSPS) is 11.4. The first-order valence-corrected chi connectivity index (χ1v) is 11.7. The molecule has 0 saturated carbocycles. The third kappa shape index (κ3) is 3.96. The number of rotatable bonds is 5. The number of thiophene rings is 1. The molecule has 5 aromatic rings. The second-order valence-electron chi connectivity index (χ2n) is 6.93. The molecule has 0 unspecified atom stereocenters. The van der Waals surface area contributed by atoms with Crippen LogP contribution in [0.2, 0.25) is 5.02 Å². The Bertz CT molecular complexity index is 1460. The highest BCUT2D eigenvalue weighted by atomic mass is 35.5. The van der Waals surface area contributed by atoms with Crippen LogP contribution in [0.5, 0.6) is 0 Å². The van der Waals surface area contributed by atoms with Crippen LogP contribution in [-0.4, -0.2) is 14.5 Å². The van der Waals surface area contributed by atoms with Gasteiger partial charge in [-0.15, -0.1) is 11.3 Å². The summed E-state index contributed by atoms with van der Waals surface area (Å²) in [6.45, 7) is 0.314. The standard InChI is InChI=1S/C23H15ClFN3OS2/c24-18-6-2-1-4-15(18)12-28-22(29)20-19(17-5-3-11-26-21(17)31-20)27-23(28)30-13-14-7-9-16(25)10-8-14/h1-11H,12-13H2. The number of thioether (sulfide) groups is 1. The first-order chi connectivity index (χ1) is 15.1. The second kappa shape index (κ2) is 8.42. The van der Waals surface area contributed by atoms with Gasteiger partial charge in [0.15, 0.2) is 5.16 Å². The monoisotopic (exact) mass is 467 g/mol. The van der Waals surface area contributed by atoms with Gasteiger partial charge < -0.3 is 0 Å². The third-order valence-corrected chi connectivity index (χ3v) is 7.39. The summed E-state index contributed by atoms with van der Waals surface area (Å²) in [6, 6.07) is 17.6. The minimum absolute atomic E-state index is 0.116. The van der Waals surface area contributed by atoms with Gasteiger partial charge in [0.05, 0.1) is 12.1 Å². The molecule has 154 valence electrons. The number of hydrogen-bond acceptors (Lipinski definition) is 5. The molecule has 0 aliphatic carbocycles. The minimum Gasteiger partial charge on any atom is -0.282 e. The third-order valence-electron chi connectivity index (χ3n) is 4.89. The Labute approximate surface area is 190 Å². The summed E-state index contributed by atoms with van der Waals surface area (Å²) in [4.78, 5) is 23.5. The number of fused-ring (bicyclic) bond motifs is 3. The first-order valence-electron chi connectivity index (χ1n) is 9.49. The van der Waals surface area contributed by atoms with Crippen LogP contribution >= 0.6 is 34.7 Å². The van der Waals surface area contributed by atoms with Crippen molar-refractivity contribution in [3.05, 3.63) is 99.2 Å². The quantitative estimate of drug-likeness (QED) is 0.230. The topological polar surface area (TPSA) is 47.8 Å². The average Bonchev–Trinajstić information content (AvgIpc) is 3.16. The predicted molar refractivity (Wildman–Crippen MR) is 126 cm³/mol. The molecule has 0 bridgehead atoms. The van der Waals surface area contributed by atoms with E-state index >= 15 is 0 Å². The molecular formula is C23H15ClFN3OS2. The number of aromatic nitrogens is 3. The van der Waals surface area contributed by atoms with Gasteiger partial charge in [-0.05, 0) is 41.5 Å². The number of pyridine rings is 1. The molecule has 2 aromatic carbocycles. The Kier molecular flexibility index (Phi) is 5.48. The van der Waals surface area contributed by atoms with Crippen LogP contribution in [0.1, 0.15) is 11.1 Å². The van der Waals surface area contributed by atoms with E-state index in [1.807, 2.05) is 36.4 Å². The highest BCUT2D eigenvalue weighted by molar-refractivity contribution is 7.98. The summed E-state index contributed by atoms with van der Waals surface area (Å²) in [7, 11) is 0. The number of nitrogens with zero attached hydrogens (tertiary/aromatic N) is 3. The second-order valence-corrected chi connectivity index (χ2v) is 9.28. The van der Waals surface area contributed by atoms with E-state index in [4.69, 9.17) is 16.6 Å². The van der Waals surface area contributed by atoms with Gasteiger partial charge in [-0.1, -0.05) is 53.7 Å². The van der Waals surface area contributed by atoms with E-state index in [0.717, 1.165) is 21.3 Å². The lowest BCUT2D eigenvalue weighted by atomic mass is 10.2. The Balaban J connectivity index is 1.64. The molecular weight excluding hydrogens is 453 g/mol. The zero-order valence-electron chi connectivity index (χ0n) is 16.1. The lowest BCUT2D eigenvalue weighted by Crippen LogP contribution is -2.23. The van der Waals surface area contributed by atoms with Crippen molar-refractivity contribution in [2.75, 3.05) is 0 Å². The van der Waals surface area contributed by atoms with Crippen molar-refractivity contribution in [2.45, 2.75) is 17.5 Å². The van der Waals surface area contributed by atoms with Crippen molar-refractivity contribution in [3.8, 4) is 0 Å². The molecule has 0 saturated heterocycles. The maximum Gasteiger partial charge on any atom is 0.272 e. The van der Waals surface area contributed by atoms with Crippen LogP contribution in [0.4, 0.5) is 4.39 Å². The fourth-order valence-electron chi connectivity index (χ4n) is 3.32. The van der Waals surface area contributed by atoms with Crippen LogP contribution in [0.15, 0.2) is 76.8 Å².